The number of nitrogens with one attached hydrogen (secondary N) is 1. The third kappa shape index (κ3) is 4.22. The van der Waals surface area contributed by atoms with Crippen LogP contribution in [0.5, 0.6) is 0 Å². The Labute approximate surface area is 176 Å². The molecule has 2 aliphatic rings. The largest absolute Gasteiger partial charge is 0.351 e. The fraction of sp³-hybridized carbons (Fsp3) is 0.375. The third-order valence-corrected chi connectivity index (χ3v) is 6.02. The number of amides is 3. The van der Waals surface area contributed by atoms with Crippen LogP contribution in [0.3, 0.4) is 0 Å². The summed E-state index contributed by atoms with van der Waals surface area (Å²) in [5.74, 6) is 0.173. The van der Waals surface area contributed by atoms with Crippen molar-refractivity contribution in [2.45, 2.75) is 38.3 Å². The monoisotopic (exact) mass is 405 g/mol. The normalized spacial score (nSPS) is 19.6. The minimum Gasteiger partial charge on any atom is -0.351 e. The van der Waals surface area contributed by atoms with E-state index in [0.29, 0.717) is 25.2 Å². The van der Waals surface area contributed by atoms with Crippen molar-refractivity contribution in [2.24, 2.45) is 0 Å². The molecular formula is C24H27N3O3. The second-order valence-corrected chi connectivity index (χ2v) is 8.16. The number of fused-ring (bicyclic) bond motifs is 1. The fourth-order valence-corrected chi connectivity index (χ4v) is 4.23. The van der Waals surface area contributed by atoms with Crippen LogP contribution in [0.25, 0.3) is 0 Å². The molecule has 2 aliphatic heterocycles. The van der Waals surface area contributed by atoms with E-state index in [1.807, 2.05) is 30.3 Å². The van der Waals surface area contributed by atoms with Gasteiger partial charge in [-0.25, -0.2) is 0 Å². The lowest BCUT2D eigenvalue weighted by molar-refractivity contribution is -0.154. The number of carbonyl (C=O) groups excluding carboxylic acids is 3. The van der Waals surface area contributed by atoms with Gasteiger partial charge in [-0.05, 0) is 42.0 Å². The Bertz CT molecular complexity index is 926. The zero-order chi connectivity index (χ0) is 21.1. The van der Waals surface area contributed by atoms with Gasteiger partial charge in [0.05, 0.1) is 0 Å². The van der Waals surface area contributed by atoms with Gasteiger partial charge in [-0.2, -0.15) is 0 Å². The number of carbonyl (C=O) groups is 3. The molecule has 156 valence electrons. The molecule has 3 amide bonds. The molecule has 30 heavy (non-hydrogen) atoms. The van der Waals surface area contributed by atoms with Crippen molar-refractivity contribution < 1.29 is 14.4 Å². The molecule has 2 fully saturated rings. The fourth-order valence-electron chi connectivity index (χ4n) is 4.23. The van der Waals surface area contributed by atoms with Crippen molar-refractivity contribution in [1.29, 1.82) is 0 Å². The number of benzene rings is 2. The summed E-state index contributed by atoms with van der Waals surface area (Å²) in [5.41, 5.74) is 2.69. The number of rotatable bonds is 6. The molecule has 0 bridgehead atoms. The van der Waals surface area contributed by atoms with Gasteiger partial charge in [-0.1, -0.05) is 49.4 Å². The molecule has 2 atom stereocenters. The van der Waals surface area contributed by atoms with Crippen LogP contribution in [0, 0.1) is 0 Å². The molecule has 6 nitrogen and oxygen atoms in total. The quantitative estimate of drug-likeness (QED) is 0.803. The van der Waals surface area contributed by atoms with Gasteiger partial charge in [0.15, 0.2) is 0 Å². The van der Waals surface area contributed by atoms with Crippen molar-refractivity contribution in [3.63, 3.8) is 0 Å². The van der Waals surface area contributed by atoms with Crippen molar-refractivity contribution >= 4 is 17.7 Å². The average molecular weight is 405 g/mol. The van der Waals surface area contributed by atoms with Gasteiger partial charge < -0.3 is 15.1 Å². The van der Waals surface area contributed by atoms with Crippen LogP contribution >= 0.6 is 0 Å². The second kappa shape index (κ2) is 8.69. The van der Waals surface area contributed by atoms with E-state index in [9.17, 15) is 14.4 Å². The molecule has 2 saturated heterocycles. The maximum Gasteiger partial charge on any atom is 0.251 e. The maximum atomic E-state index is 12.7. The summed E-state index contributed by atoms with van der Waals surface area (Å²) in [7, 11) is 0. The Balaban J connectivity index is 1.33. The van der Waals surface area contributed by atoms with Crippen LogP contribution in [0.4, 0.5) is 0 Å². The molecule has 6 heteroatoms. The first-order valence-corrected chi connectivity index (χ1v) is 10.5. The summed E-state index contributed by atoms with van der Waals surface area (Å²) in [6, 6.07) is 17.1. The van der Waals surface area contributed by atoms with Crippen LogP contribution in [-0.4, -0.2) is 53.2 Å². The molecule has 0 radical (unpaired) electrons. The summed E-state index contributed by atoms with van der Waals surface area (Å²) in [4.78, 5) is 40.8. The summed E-state index contributed by atoms with van der Waals surface area (Å²) < 4.78 is 0. The Morgan fingerprint density at radius 1 is 1.10 bits per heavy atom. The lowest BCUT2D eigenvalue weighted by Crippen LogP contribution is -2.56. The van der Waals surface area contributed by atoms with Gasteiger partial charge in [0.25, 0.3) is 5.91 Å². The van der Waals surface area contributed by atoms with Crippen LogP contribution in [-0.2, 0) is 16.1 Å². The topological polar surface area (TPSA) is 69.7 Å². The lowest BCUT2D eigenvalue weighted by Gasteiger charge is -2.36. The Morgan fingerprint density at radius 2 is 1.83 bits per heavy atom. The SMILES string of the molecule is C[C@@H](CNC(=O)c1ccc(CN2CC(=O)N3CCC[C@H]3C2=O)cc1)c1ccccc1. The van der Waals surface area contributed by atoms with E-state index in [4.69, 9.17) is 0 Å². The highest BCUT2D eigenvalue weighted by Crippen LogP contribution is 2.24. The smallest absolute Gasteiger partial charge is 0.251 e. The zero-order valence-corrected chi connectivity index (χ0v) is 17.2. The lowest BCUT2D eigenvalue weighted by atomic mass is 10.0. The van der Waals surface area contributed by atoms with Crippen LogP contribution < -0.4 is 5.32 Å². The minimum atomic E-state index is -0.289. The summed E-state index contributed by atoms with van der Waals surface area (Å²) in [6.45, 7) is 3.86. The summed E-state index contributed by atoms with van der Waals surface area (Å²) in [6.07, 6.45) is 1.64. The standard InChI is InChI=1S/C24H27N3O3/c1-17(19-6-3-2-4-7-19)14-25-23(29)20-11-9-18(10-12-20)15-26-16-22(28)27-13-5-8-21(27)24(26)30/h2-4,6-7,9-12,17,21H,5,8,13-16H2,1H3,(H,25,29)/t17-,21-/m0/s1. The van der Waals surface area contributed by atoms with E-state index in [-0.39, 0.29) is 36.2 Å². The molecule has 0 unspecified atom stereocenters. The molecule has 0 spiro atoms. The molecule has 0 saturated carbocycles. The van der Waals surface area contributed by atoms with Crippen LogP contribution in [0.2, 0.25) is 0 Å². The molecule has 2 aromatic rings. The van der Waals surface area contributed by atoms with Crippen LogP contribution in [0.1, 0.15) is 47.2 Å². The molecule has 1 N–H and O–H groups in total. The first-order valence-electron chi connectivity index (χ1n) is 10.5. The van der Waals surface area contributed by atoms with Crippen molar-refractivity contribution in [3.8, 4) is 0 Å². The third-order valence-electron chi connectivity index (χ3n) is 6.02. The Kier molecular flexibility index (Phi) is 5.84. The average Bonchev–Trinajstić information content (AvgIpc) is 3.27. The van der Waals surface area contributed by atoms with E-state index >= 15 is 0 Å². The van der Waals surface area contributed by atoms with Crippen LogP contribution in [0.15, 0.2) is 54.6 Å². The van der Waals surface area contributed by atoms with E-state index < -0.39 is 0 Å². The maximum absolute atomic E-state index is 12.7. The van der Waals surface area contributed by atoms with E-state index in [1.54, 1.807) is 21.9 Å². The van der Waals surface area contributed by atoms with E-state index in [1.165, 1.54) is 5.56 Å². The molecule has 0 aliphatic carbocycles. The predicted octanol–water partition coefficient (Wildman–Crippen LogP) is 2.55. The van der Waals surface area contributed by atoms with Crippen molar-refractivity contribution in [1.82, 2.24) is 15.1 Å². The molecule has 0 aromatic heterocycles. The summed E-state index contributed by atoms with van der Waals surface area (Å²) in [5, 5.41) is 2.98. The number of nitrogens with zero attached hydrogens (tertiary/aromatic N) is 2. The number of piperazine rings is 1. The molecule has 2 heterocycles. The summed E-state index contributed by atoms with van der Waals surface area (Å²) >= 11 is 0. The van der Waals surface area contributed by atoms with Crippen molar-refractivity contribution in [2.75, 3.05) is 19.6 Å². The van der Waals surface area contributed by atoms with Crippen molar-refractivity contribution in [3.05, 3.63) is 71.3 Å². The van der Waals surface area contributed by atoms with E-state index in [2.05, 4.69) is 24.4 Å². The highest BCUT2D eigenvalue weighted by Gasteiger charge is 2.41. The zero-order valence-electron chi connectivity index (χ0n) is 17.2. The first-order chi connectivity index (χ1) is 14.5. The van der Waals surface area contributed by atoms with Gasteiger partial charge in [0, 0.05) is 25.2 Å². The first kappa shape index (κ1) is 20.1. The van der Waals surface area contributed by atoms with Gasteiger partial charge in [0.2, 0.25) is 11.8 Å². The number of hydrogen-bond donors (Lipinski definition) is 1. The van der Waals surface area contributed by atoms with E-state index in [0.717, 1.165) is 18.4 Å². The van der Waals surface area contributed by atoms with Gasteiger partial charge in [0.1, 0.15) is 12.6 Å². The van der Waals surface area contributed by atoms with Gasteiger partial charge in [-0.3, -0.25) is 14.4 Å². The minimum absolute atomic E-state index is 0.0284. The van der Waals surface area contributed by atoms with Gasteiger partial charge >= 0.3 is 0 Å². The van der Waals surface area contributed by atoms with Gasteiger partial charge in [-0.15, -0.1) is 0 Å². The molecule has 4 rings (SSSR count). The Morgan fingerprint density at radius 3 is 2.57 bits per heavy atom. The molecular weight excluding hydrogens is 378 g/mol. The highest BCUT2D eigenvalue weighted by atomic mass is 16.2. The second-order valence-electron chi connectivity index (χ2n) is 8.16. The highest BCUT2D eigenvalue weighted by molar-refractivity contribution is 5.95. The molecule has 2 aromatic carbocycles. The number of hydrogen-bond acceptors (Lipinski definition) is 3. The Hall–Kier alpha value is -3.15. The predicted molar refractivity (Wildman–Crippen MR) is 114 cm³/mol.